The molecule has 0 atom stereocenters. The van der Waals surface area contributed by atoms with Crippen LogP contribution in [0, 0.1) is 11.3 Å². The largest absolute Gasteiger partial charge is 0.353 e. The number of nitrogens with one attached hydrogen (secondary N) is 1. The minimum Gasteiger partial charge on any atom is -0.353 e. The Balaban J connectivity index is 1.67. The molecule has 0 saturated heterocycles. The number of hydrogen-bond donors (Lipinski definition) is 1. The Kier molecular flexibility index (Phi) is 7.12. The van der Waals surface area contributed by atoms with Crippen LogP contribution in [-0.4, -0.2) is 45.4 Å². The molecule has 2 aromatic rings. The number of rotatable bonds is 9. The molecule has 0 radical (unpaired) electrons. The van der Waals surface area contributed by atoms with Crippen molar-refractivity contribution in [3.63, 3.8) is 0 Å². The average Bonchev–Trinajstić information content (AvgIpc) is 3.51. The second-order valence-electron chi connectivity index (χ2n) is 7.76. The molecule has 1 aromatic heterocycles. The second kappa shape index (κ2) is 9.97. The summed E-state index contributed by atoms with van der Waals surface area (Å²) in [5.74, 6) is -0.0234. The highest BCUT2D eigenvalue weighted by Gasteiger charge is 2.34. The lowest BCUT2D eigenvalue weighted by atomic mass is 10.2. The minimum atomic E-state index is -0.295. The summed E-state index contributed by atoms with van der Waals surface area (Å²) in [6.07, 6.45) is 5.77. The standard InChI is InChI=1S/C23H29N5O2/c1-3-4-14-27(23(30)25-19-9-7-18(15-24)8-10-19)17-22(29)28(20-11-12-20)16-21-6-5-13-26(21)2/h5-10,13,20H,3-4,11-12,14,16-17H2,1-2H3,(H,25,30). The highest BCUT2D eigenvalue weighted by atomic mass is 16.2. The van der Waals surface area contributed by atoms with Crippen molar-refractivity contribution < 1.29 is 9.59 Å². The van der Waals surface area contributed by atoms with Crippen LogP contribution in [0.5, 0.6) is 0 Å². The molecule has 0 bridgehead atoms. The van der Waals surface area contributed by atoms with Crippen molar-refractivity contribution >= 4 is 17.6 Å². The fraction of sp³-hybridized carbons (Fsp3) is 0.435. The lowest BCUT2D eigenvalue weighted by molar-refractivity contribution is -0.133. The summed E-state index contributed by atoms with van der Waals surface area (Å²) >= 11 is 0. The van der Waals surface area contributed by atoms with E-state index < -0.39 is 0 Å². The topological polar surface area (TPSA) is 81.4 Å². The quantitative estimate of drug-likeness (QED) is 0.688. The summed E-state index contributed by atoms with van der Waals surface area (Å²) in [5, 5.41) is 11.8. The summed E-state index contributed by atoms with van der Waals surface area (Å²) in [4.78, 5) is 29.5. The van der Waals surface area contributed by atoms with E-state index in [1.807, 2.05) is 34.8 Å². The zero-order valence-corrected chi connectivity index (χ0v) is 17.7. The van der Waals surface area contributed by atoms with Crippen LogP contribution < -0.4 is 5.32 Å². The van der Waals surface area contributed by atoms with Gasteiger partial charge >= 0.3 is 6.03 Å². The van der Waals surface area contributed by atoms with Crippen molar-refractivity contribution in [2.24, 2.45) is 7.05 Å². The molecule has 1 heterocycles. The van der Waals surface area contributed by atoms with Crippen molar-refractivity contribution in [1.82, 2.24) is 14.4 Å². The van der Waals surface area contributed by atoms with Gasteiger partial charge in [0, 0.05) is 37.2 Å². The maximum Gasteiger partial charge on any atom is 0.322 e. The van der Waals surface area contributed by atoms with Gasteiger partial charge in [-0.2, -0.15) is 5.26 Å². The van der Waals surface area contributed by atoms with E-state index in [9.17, 15) is 9.59 Å². The molecule has 0 spiro atoms. The van der Waals surface area contributed by atoms with E-state index in [0.29, 0.717) is 24.3 Å². The highest BCUT2D eigenvalue weighted by Crippen LogP contribution is 2.28. The fourth-order valence-corrected chi connectivity index (χ4v) is 3.33. The maximum atomic E-state index is 13.1. The van der Waals surface area contributed by atoms with E-state index in [4.69, 9.17) is 5.26 Å². The van der Waals surface area contributed by atoms with Gasteiger partial charge < -0.3 is 19.7 Å². The van der Waals surface area contributed by atoms with Crippen molar-refractivity contribution in [1.29, 1.82) is 5.26 Å². The molecule has 1 saturated carbocycles. The lowest BCUT2D eigenvalue weighted by Gasteiger charge is -2.28. The predicted octanol–water partition coefficient (Wildman–Crippen LogP) is 3.72. The Bertz CT molecular complexity index is 908. The van der Waals surface area contributed by atoms with Crippen LogP contribution in [0.25, 0.3) is 0 Å². The molecule has 3 amide bonds. The molecular weight excluding hydrogens is 378 g/mol. The van der Waals surface area contributed by atoms with E-state index in [2.05, 4.69) is 18.3 Å². The van der Waals surface area contributed by atoms with Crippen LogP contribution in [0.2, 0.25) is 0 Å². The van der Waals surface area contributed by atoms with Gasteiger partial charge in [-0.3, -0.25) is 4.79 Å². The van der Waals surface area contributed by atoms with Gasteiger partial charge in [-0.15, -0.1) is 0 Å². The van der Waals surface area contributed by atoms with Crippen molar-refractivity contribution in [2.45, 2.75) is 45.2 Å². The number of benzene rings is 1. The second-order valence-corrected chi connectivity index (χ2v) is 7.76. The van der Waals surface area contributed by atoms with Crippen LogP contribution in [0.1, 0.15) is 43.9 Å². The van der Waals surface area contributed by atoms with Gasteiger partial charge in [-0.1, -0.05) is 13.3 Å². The number of unbranched alkanes of at least 4 members (excludes halogenated alkanes) is 1. The number of carbonyl (C=O) groups is 2. The van der Waals surface area contributed by atoms with Crippen LogP contribution >= 0.6 is 0 Å². The number of urea groups is 1. The molecular formula is C23H29N5O2. The predicted molar refractivity (Wildman–Crippen MR) is 116 cm³/mol. The maximum absolute atomic E-state index is 13.1. The highest BCUT2D eigenvalue weighted by molar-refractivity contribution is 5.92. The normalized spacial score (nSPS) is 12.8. The number of nitriles is 1. The van der Waals surface area contributed by atoms with Crippen LogP contribution in [0.4, 0.5) is 10.5 Å². The van der Waals surface area contributed by atoms with E-state index >= 15 is 0 Å². The van der Waals surface area contributed by atoms with Crippen molar-refractivity contribution in [3.8, 4) is 6.07 Å². The summed E-state index contributed by atoms with van der Waals surface area (Å²) < 4.78 is 2.02. The number of anilines is 1. The third-order valence-corrected chi connectivity index (χ3v) is 5.35. The first kappa shape index (κ1) is 21.4. The molecule has 1 aliphatic carbocycles. The van der Waals surface area contributed by atoms with Crippen LogP contribution in [-0.2, 0) is 18.4 Å². The zero-order valence-electron chi connectivity index (χ0n) is 17.7. The molecule has 30 heavy (non-hydrogen) atoms. The van der Waals surface area contributed by atoms with Gasteiger partial charge in [0.05, 0.1) is 18.2 Å². The monoisotopic (exact) mass is 407 g/mol. The van der Waals surface area contributed by atoms with E-state index in [1.54, 1.807) is 29.2 Å². The Morgan fingerprint density at radius 1 is 1.23 bits per heavy atom. The number of amides is 3. The molecule has 1 aliphatic rings. The number of hydrogen-bond acceptors (Lipinski definition) is 3. The molecule has 158 valence electrons. The van der Waals surface area contributed by atoms with E-state index in [0.717, 1.165) is 31.4 Å². The molecule has 7 heteroatoms. The smallest absolute Gasteiger partial charge is 0.322 e. The van der Waals surface area contributed by atoms with Crippen molar-refractivity contribution in [2.75, 3.05) is 18.4 Å². The minimum absolute atomic E-state index is 0.0234. The Morgan fingerprint density at radius 3 is 2.53 bits per heavy atom. The van der Waals surface area contributed by atoms with Gasteiger partial charge in [0.15, 0.2) is 0 Å². The summed E-state index contributed by atoms with van der Waals surface area (Å²) in [6.45, 7) is 3.20. The number of aromatic nitrogens is 1. The number of carbonyl (C=O) groups excluding carboxylic acids is 2. The van der Waals surface area contributed by atoms with E-state index in [-0.39, 0.29) is 24.5 Å². The van der Waals surface area contributed by atoms with Gasteiger partial charge in [0.1, 0.15) is 6.54 Å². The van der Waals surface area contributed by atoms with Crippen LogP contribution in [0.3, 0.4) is 0 Å². The zero-order chi connectivity index (χ0) is 21.5. The molecule has 0 aliphatic heterocycles. The number of aryl methyl sites for hydroxylation is 1. The first-order chi connectivity index (χ1) is 14.5. The molecule has 0 unspecified atom stereocenters. The third-order valence-electron chi connectivity index (χ3n) is 5.35. The Morgan fingerprint density at radius 2 is 1.97 bits per heavy atom. The third kappa shape index (κ3) is 5.63. The molecule has 7 nitrogen and oxygen atoms in total. The number of nitrogens with zero attached hydrogens (tertiary/aromatic N) is 4. The van der Waals surface area contributed by atoms with Crippen LogP contribution in [0.15, 0.2) is 42.6 Å². The van der Waals surface area contributed by atoms with Gasteiger partial charge in [-0.05, 0) is 55.7 Å². The first-order valence-electron chi connectivity index (χ1n) is 10.5. The van der Waals surface area contributed by atoms with Crippen molar-refractivity contribution in [3.05, 3.63) is 53.9 Å². The molecule has 1 fully saturated rings. The molecule has 1 N–H and O–H groups in total. The average molecular weight is 408 g/mol. The first-order valence-corrected chi connectivity index (χ1v) is 10.5. The Labute approximate surface area is 177 Å². The van der Waals surface area contributed by atoms with Gasteiger partial charge in [-0.25, -0.2) is 4.79 Å². The molecule has 3 rings (SSSR count). The fourth-order valence-electron chi connectivity index (χ4n) is 3.33. The van der Waals surface area contributed by atoms with Gasteiger partial charge in [0.2, 0.25) is 5.91 Å². The molecule has 1 aromatic carbocycles. The SMILES string of the molecule is CCCCN(CC(=O)N(Cc1cccn1C)C1CC1)C(=O)Nc1ccc(C#N)cc1. The van der Waals surface area contributed by atoms with Gasteiger partial charge in [0.25, 0.3) is 0 Å². The summed E-state index contributed by atoms with van der Waals surface area (Å²) in [6, 6.07) is 12.7. The Hall–Kier alpha value is -3.27. The van der Waals surface area contributed by atoms with E-state index in [1.165, 1.54) is 0 Å². The lowest BCUT2D eigenvalue weighted by Crippen LogP contribution is -2.45. The summed E-state index contributed by atoms with van der Waals surface area (Å²) in [7, 11) is 1.98. The summed E-state index contributed by atoms with van der Waals surface area (Å²) in [5.41, 5.74) is 2.22.